The van der Waals surface area contributed by atoms with E-state index < -0.39 is 17.5 Å². The van der Waals surface area contributed by atoms with Crippen molar-refractivity contribution in [1.82, 2.24) is 29.9 Å². The van der Waals surface area contributed by atoms with Crippen molar-refractivity contribution < 1.29 is 18.4 Å². The highest BCUT2D eigenvalue weighted by Gasteiger charge is 2.20. The van der Waals surface area contributed by atoms with Crippen LogP contribution in [0.4, 0.5) is 14.5 Å². The molecule has 0 saturated heterocycles. The van der Waals surface area contributed by atoms with Crippen molar-refractivity contribution >= 4 is 18.0 Å². The van der Waals surface area contributed by atoms with E-state index in [1.165, 1.54) is 16.9 Å². The summed E-state index contributed by atoms with van der Waals surface area (Å²) in [4.78, 5) is 38.2. The van der Waals surface area contributed by atoms with Crippen LogP contribution in [0, 0.1) is 25.6 Å². The predicted octanol–water partition coefficient (Wildman–Crippen LogP) is 3.47. The number of hydrogen-bond donors (Lipinski definition) is 2. The van der Waals surface area contributed by atoms with Crippen molar-refractivity contribution in [3.05, 3.63) is 69.9 Å². The van der Waals surface area contributed by atoms with Crippen LogP contribution in [0.3, 0.4) is 0 Å². The first-order valence-electron chi connectivity index (χ1n) is 13.0. The Hall–Kier alpha value is -3.96. The van der Waals surface area contributed by atoms with Gasteiger partial charge in [-0.15, -0.1) is 5.10 Å². The fourth-order valence-corrected chi connectivity index (χ4v) is 4.32. The zero-order valence-electron chi connectivity index (χ0n) is 22.3. The summed E-state index contributed by atoms with van der Waals surface area (Å²) >= 11 is 0. The highest BCUT2D eigenvalue weighted by Crippen LogP contribution is 2.27. The number of aromatic nitrogens is 5. The van der Waals surface area contributed by atoms with Gasteiger partial charge in [0.2, 0.25) is 18.1 Å². The van der Waals surface area contributed by atoms with E-state index in [0.29, 0.717) is 31.0 Å². The molecule has 1 saturated carbocycles. The van der Waals surface area contributed by atoms with Crippen LogP contribution in [0.1, 0.15) is 55.5 Å². The summed E-state index contributed by atoms with van der Waals surface area (Å²) in [5, 5.41) is 12.6. The van der Waals surface area contributed by atoms with E-state index in [2.05, 4.69) is 25.9 Å². The van der Waals surface area contributed by atoms with Gasteiger partial charge in [0.15, 0.2) is 0 Å². The summed E-state index contributed by atoms with van der Waals surface area (Å²) < 4.78 is 31.0. The molecule has 3 aromatic rings. The minimum Gasteiger partial charge on any atom is -0.355 e. The first-order valence-corrected chi connectivity index (χ1v) is 13.0. The molecule has 2 N–H and O–H groups in total. The van der Waals surface area contributed by atoms with Gasteiger partial charge in [-0.3, -0.25) is 19.4 Å². The lowest BCUT2D eigenvalue weighted by molar-refractivity contribution is -0.117. The molecule has 1 atom stereocenters. The number of amides is 2. The third-order valence-corrected chi connectivity index (χ3v) is 6.41. The average Bonchev–Trinajstić information content (AvgIpc) is 3.58. The van der Waals surface area contributed by atoms with Crippen LogP contribution in [0.15, 0.2) is 41.6 Å². The van der Waals surface area contributed by atoms with Gasteiger partial charge in [-0.2, -0.15) is 4.39 Å². The normalized spacial score (nSPS) is 13.8. The van der Waals surface area contributed by atoms with Crippen LogP contribution >= 0.6 is 0 Å². The Labute approximate surface area is 225 Å². The van der Waals surface area contributed by atoms with Gasteiger partial charge in [-0.05, 0) is 56.7 Å². The van der Waals surface area contributed by atoms with Crippen LogP contribution in [0.5, 0.6) is 0 Å². The number of carbonyl (C=O) groups excluding carboxylic acids is 2. The number of alkyl halides is 1. The third-order valence-electron chi connectivity index (χ3n) is 6.41. The molecule has 3 heterocycles. The Morgan fingerprint density at radius 2 is 1.97 bits per heavy atom. The summed E-state index contributed by atoms with van der Waals surface area (Å²) in [5.74, 6) is -0.974. The minimum atomic E-state index is -1.25. The molecule has 1 fully saturated rings. The van der Waals surface area contributed by atoms with E-state index in [1.807, 2.05) is 19.1 Å². The molecule has 0 spiro atoms. The summed E-state index contributed by atoms with van der Waals surface area (Å²) in [6.45, 7) is 4.29. The topological polar surface area (TPSA) is 124 Å². The van der Waals surface area contributed by atoms with E-state index in [0.717, 1.165) is 41.5 Å². The fraction of sp³-hybridized carbons (Fsp3) is 0.481. The van der Waals surface area contributed by atoms with Gasteiger partial charge < -0.3 is 15.2 Å². The fourth-order valence-electron chi connectivity index (χ4n) is 4.32. The van der Waals surface area contributed by atoms with E-state index in [4.69, 9.17) is 0 Å². The molecule has 210 valence electrons. The quantitative estimate of drug-likeness (QED) is 0.357. The molecule has 1 aliphatic carbocycles. The second-order valence-corrected chi connectivity index (χ2v) is 9.72. The van der Waals surface area contributed by atoms with Gasteiger partial charge in [-0.1, -0.05) is 24.1 Å². The minimum absolute atomic E-state index is 0.0212. The number of aryl methyl sites for hydroxylation is 3. The second kappa shape index (κ2) is 14.8. The Balaban J connectivity index is 0.000000320. The van der Waals surface area contributed by atoms with Gasteiger partial charge in [0, 0.05) is 43.8 Å². The number of rotatable bonds is 11. The standard InChI is InChI=1S/C19H25F2N5O2.C8H10N2O/c1-13-11-26(24-23-13)12-15(20)6-8-25-9-7-16(18(21)19(25)28)22-17(27)10-14-4-2-3-5-14;1-7-2-3-8(5-10-7)4-9-6-11/h7,9,11,14-15H,2-6,8,10,12H2,1H3,(H,22,27);2-3,5-6H,4H2,1H3,(H,9,11). The van der Waals surface area contributed by atoms with Gasteiger partial charge >= 0.3 is 0 Å². The van der Waals surface area contributed by atoms with Gasteiger partial charge in [0.1, 0.15) is 6.17 Å². The average molecular weight is 544 g/mol. The maximum absolute atomic E-state index is 14.3. The number of nitrogens with zero attached hydrogens (tertiary/aromatic N) is 5. The molecule has 10 nitrogen and oxygen atoms in total. The predicted molar refractivity (Wildman–Crippen MR) is 142 cm³/mol. The van der Waals surface area contributed by atoms with E-state index >= 15 is 0 Å². The number of hydrogen-bond acceptors (Lipinski definition) is 6. The second-order valence-electron chi connectivity index (χ2n) is 9.72. The summed E-state index contributed by atoms with van der Waals surface area (Å²) in [5.41, 5.74) is 1.69. The highest BCUT2D eigenvalue weighted by molar-refractivity contribution is 5.90. The van der Waals surface area contributed by atoms with Gasteiger partial charge in [0.05, 0.1) is 17.9 Å². The third kappa shape index (κ3) is 9.69. The van der Waals surface area contributed by atoms with Crippen molar-refractivity contribution in [1.29, 1.82) is 0 Å². The van der Waals surface area contributed by atoms with Gasteiger partial charge in [0.25, 0.3) is 5.56 Å². The van der Waals surface area contributed by atoms with Crippen LogP contribution in [-0.4, -0.2) is 43.0 Å². The Morgan fingerprint density at radius 3 is 2.62 bits per heavy atom. The molecule has 39 heavy (non-hydrogen) atoms. The molecule has 4 rings (SSSR count). The van der Waals surface area contributed by atoms with Crippen LogP contribution in [-0.2, 0) is 29.2 Å². The van der Waals surface area contributed by atoms with Crippen molar-refractivity contribution in [2.24, 2.45) is 5.92 Å². The number of halogens is 2. The van der Waals surface area contributed by atoms with Crippen LogP contribution in [0.2, 0.25) is 0 Å². The number of anilines is 1. The van der Waals surface area contributed by atoms with Crippen molar-refractivity contribution in [3.63, 3.8) is 0 Å². The van der Waals surface area contributed by atoms with E-state index in [-0.39, 0.29) is 31.1 Å². The number of pyridine rings is 2. The monoisotopic (exact) mass is 543 g/mol. The molecule has 2 amide bonds. The lowest BCUT2D eigenvalue weighted by Crippen LogP contribution is -2.27. The number of nitrogens with one attached hydrogen (secondary N) is 2. The van der Waals surface area contributed by atoms with Crippen molar-refractivity contribution in [2.45, 2.75) is 78.2 Å². The lowest BCUT2D eigenvalue weighted by Gasteiger charge is -2.13. The van der Waals surface area contributed by atoms with E-state index in [1.54, 1.807) is 19.3 Å². The molecule has 1 unspecified atom stereocenters. The van der Waals surface area contributed by atoms with Crippen molar-refractivity contribution in [2.75, 3.05) is 5.32 Å². The van der Waals surface area contributed by atoms with Gasteiger partial charge in [-0.25, -0.2) is 9.07 Å². The molecule has 3 aromatic heterocycles. The zero-order valence-corrected chi connectivity index (χ0v) is 22.3. The number of carbonyl (C=O) groups is 2. The summed E-state index contributed by atoms with van der Waals surface area (Å²) in [6.07, 6.45) is 8.83. The SMILES string of the molecule is Cc1ccc(CNC=O)cn1.Cc1cn(CC(F)CCn2ccc(NC(=O)CC3CCCC3)c(F)c2=O)nn1. The highest BCUT2D eigenvalue weighted by atomic mass is 19.1. The zero-order chi connectivity index (χ0) is 28.2. The lowest BCUT2D eigenvalue weighted by atomic mass is 10.0. The first-order chi connectivity index (χ1) is 18.7. The maximum Gasteiger partial charge on any atom is 0.288 e. The Bertz CT molecular complexity index is 1270. The van der Waals surface area contributed by atoms with E-state index in [9.17, 15) is 23.2 Å². The smallest absolute Gasteiger partial charge is 0.288 e. The summed E-state index contributed by atoms with van der Waals surface area (Å²) in [6, 6.07) is 5.21. The molecule has 1 aliphatic rings. The van der Waals surface area contributed by atoms with Crippen molar-refractivity contribution in [3.8, 4) is 0 Å². The summed E-state index contributed by atoms with van der Waals surface area (Å²) in [7, 11) is 0. The molecule has 0 aromatic carbocycles. The molecule has 0 radical (unpaired) electrons. The maximum atomic E-state index is 14.3. The molecular formula is C27H35F2N7O3. The first kappa shape index (κ1) is 29.6. The molecule has 12 heteroatoms. The Morgan fingerprint density at radius 1 is 1.21 bits per heavy atom. The molecular weight excluding hydrogens is 508 g/mol. The largest absolute Gasteiger partial charge is 0.355 e. The van der Waals surface area contributed by atoms with Crippen LogP contribution < -0.4 is 16.2 Å². The molecule has 0 aliphatic heterocycles. The van der Waals surface area contributed by atoms with Crippen LogP contribution in [0.25, 0.3) is 0 Å². The Kier molecular flexibility index (Phi) is 11.3. The molecule has 0 bridgehead atoms.